The highest BCUT2D eigenvalue weighted by molar-refractivity contribution is 7.90. The summed E-state index contributed by atoms with van der Waals surface area (Å²) in [6.45, 7) is 0.319. The fourth-order valence-electron chi connectivity index (χ4n) is 2.72. The van der Waals surface area contributed by atoms with Crippen LogP contribution in [0.4, 0.5) is 0 Å². The van der Waals surface area contributed by atoms with Crippen molar-refractivity contribution < 1.29 is 13.5 Å². The molecule has 0 spiro atoms. The zero-order valence-corrected chi connectivity index (χ0v) is 16.5. The van der Waals surface area contributed by atoms with E-state index >= 15 is 0 Å². The zero-order chi connectivity index (χ0) is 20.1. The predicted molar refractivity (Wildman–Crippen MR) is 110 cm³/mol. The number of aliphatic hydroxyl groups is 1. The molecule has 142 valence electrons. The second-order valence-corrected chi connectivity index (χ2v) is 8.20. The molecule has 2 aromatic carbocycles. The van der Waals surface area contributed by atoms with Gasteiger partial charge in [0.2, 0.25) is 0 Å². The second kappa shape index (κ2) is 8.33. The van der Waals surface area contributed by atoms with Crippen molar-refractivity contribution in [2.24, 2.45) is 0 Å². The largest absolute Gasteiger partial charge is 0.384 e. The molecule has 1 aromatic heterocycles. The van der Waals surface area contributed by atoms with E-state index in [9.17, 15) is 8.42 Å². The van der Waals surface area contributed by atoms with Crippen LogP contribution in [0.5, 0.6) is 0 Å². The van der Waals surface area contributed by atoms with Crippen molar-refractivity contribution in [1.82, 2.24) is 8.87 Å². The fraction of sp³-hybridized carbons (Fsp3) is 0.182. The van der Waals surface area contributed by atoms with Gasteiger partial charge in [-0.2, -0.15) is 0 Å². The molecule has 0 aliphatic carbocycles. The maximum atomic E-state index is 13.1. The average molecular weight is 392 g/mol. The van der Waals surface area contributed by atoms with E-state index in [1.807, 2.05) is 19.0 Å². The van der Waals surface area contributed by atoms with Crippen LogP contribution in [0.3, 0.4) is 0 Å². The van der Waals surface area contributed by atoms with Gasteiger partial charge in [0.15, 0.2) is 0 Å². The number of aliphatic hydroxyl groups excluding tert-OH is 1. The molecule has 3 aromatic rings. The third-order valence-electron chi connectivity index (χ3n) is 4.00. The van der Waals surface area contributed by atoms with E-state index in [1.54, 1.807) is 54.7 Å². The molecule has 0 radical (unpaired) electrons. The average Bonchev–Trinajstić information content (AvgIpc) is 3.05. The van der Waals surface area contributed by atoms with E-state index in [0.717, 1.165) is 0 Å². The van der Waals surface area contributed by atoms with Crippen molar-refractivity contribution in [2.45, 2.75) is 4.90 Å². The van der Waals surface area contributed by atoms with Crippen LogP contribution in [0.15, 0.2) is 59.6 Å². The number of hydrogen-bond acceptors (Lipinski definition) is 4. The quantitative estimate of drug-likeness (QED) is 0.694. The fourth-order valence-corrected chi connectivity index (χ4v) is 4.11. The Hall–Kier alpha value is -3.03. The Morgan fingerprint density at radius 3 is 2.46 bits per heavy atom. The highest BCUT2D eigenvalue weighted by Crippen LogP contribution is 2.26. The van der Waals surface area contributed by atoms with Crippen LogP contribution in [0.25, 0.3) is 10.9 Å². The van der Waals surface area contributed by atoms with Gasteiger partial charge < -0.3 is 5.11 Å². The lowest BCUT2D eigenvalue weighted by molar-refractivity contribution is 0.350. The van der Waals surface area contributed by atoms with E-state index in [4.69, 9.17) is 5.11 Å². The highest BCUT2D eigenvalue weighted by atomic mass is 32.2. The molecular formula is C22H20N2O3S. The van der Waals surface area contributed by atoms with E-state index in [1.165, 1.54) is 3.97 Å². The van der Waals surface area contributed by atoms with Crippen molar-refractivity contribution in [2.75, 3.05) is 27.2 Å². The molecule has 5 nitrogen and oxygen atoms in total. The lowest BCUT2D eigenvalue weighted by Crippen LogP contribution is -2.11. The summed E-state index contributed by atoms with van der Waals surface area (Å²) in [6.07, 6.45) is 1.55. The van der Waals surface area contributed by atoms with Crippen LogP contribution in [-0.4, -0.2) is 49.6 Å². The van der Waals surface area contributed by atoms with Crippen LogP contribution >= 0.6 is 0 Å². The number of aromatic nitrogens is 1. The molecule has 28 heavy (non-hydrogen) atoms. The molecule has 0 amide bonds. The Bertz CT molecular complexity index is 1220. The number of fused-ring (bicyclic) bond motifs is 1. The van der Waals surface area contributed by atoms with E-state index in [0.29, 0.717) is 28.6 Å². The van der Waals surface area contributed by atoms with Crippen LogP contribution in [0.1, 0.15) is 11.1 Å². The Morgan fingerprint density at radius 1 is 1.04 bits per heavy atom. The third kappa shape index (κ3) is 4.11. The summed E-state index contributed by atoms with van der Waals surface area (Å²) in [6, 6.07) is 13.6. The number of nitrogens with zero attached hydrogens (tertiary/aromatic N) is 2. The SMILES string of the molecule is CN(C)CC#Cc1cn(S(=O)(=O)c2ccccc2)c2ccc(C#CCO)cc12. The Labute approximate surface area is 165 Å². The Morgan fingerprint density at radius 2 is 1.79 bits per heavy atom. The summed E-state index contributed by atoms with van der Waals surface area (Å²) >= 11 is 0. The third-order valence-corrected chi connectivity index (χ3v) is 5.69. The summed E-state index contributed by atoms with van der Waals surface area (Å²) in [5.74, 6) is 11.6. The van der Waals surface area contributed by atoms with Crippen molar-refractivity contribution in [3.05, 3.63) is 65.9 Å². The summed E-state index contributed by atoms with van der Waals surface area (Å²) in [5.41, 5.74) is 1.84. The van der Waals surface area contributed by atoms with E-state index < -0.39 is 10.0 Å². The van der Waals surface area contributed by atoms with Crippen molar-refractivity contribution in [3.8, 4) is 23.7 Å². The minimum Gasteiger partial charge on any atom is -0.384 e. The van der Waals surface area contributed by atoms with Crippen LogP contribution in [0.2, 0.25) is 0 Å². The maximum Gasteiger partial charge on any atom is 0.268 e. The topological polar surface area (TPSA) is 62.5 Å². The normalized spacial score (nSPS) is 11.0. The molecule has 0 atom stereocenters. The van der Waals surface area contributed by atoms with Gasteiger partial charge in [-0.3, -0.25) is 4.90 Å². The van der Waals surface area contributed by atoms with Gasteiger partial charge in [-0.1, -0.05) is 41.9 Å². The Balaban J connectivity index is 2.22. The van der Waals surface area contributed by atoms with Crippen LogP contribution < -0.4 is 0 Å². The number of hydrogen-bond donors (Lipinski definition) is 1. The highest BCUT2D eigenvalue weighted by Gasteiger charge is 2.20. The minimum absolute atomic E-state index is 0.212. The summed E-state index contributed by atoms with van der Waals surface area (Å²) in [4.78, 5) is 2.15. The van der Waals surface area contributed by atoms with Crippen molar-refractivity contribution >= 4 is 20.9 Å². The minimum atomic E-state index is -3.75. The van der Waals surface area contributed by atoms with Crippen molar-refractivity contribution in [3.63, 3.8) is 0 Å². The van der Waals surface area contributed by atoms with Gasteiger partial charge in [0.1, 0.15) is 6.61 Å². The maximum absolute atomic E-state index is 13.1. The molecule has 6 heteroatoms. The predicted octanol–water partition coefficient (Wildman–Crippen LogP) is 2.14. The molecule has 0 saturated carbocycles. The molecule has 0 aliphatic rings. The molecular weight excluding hydrogens is 372 g/mol. The monoisotopic (exact) mass is 392 g/mol. The van der Waals surface area contributed by atoms with Crippen LogP contribution in [-0.2, 0) is 10.0 Å². The smallest absolute Gasteiger partial charge is 0.268 e. The molecule has 0 saturated heterocycles. The summed E-state index contributed by atoms with van der Waals surface area (Å²) < 4.78 is 27.6. The summed E-state index contributed by atoms with van der Waals surface area (Å²) in [5, 5.41) is 9.62. The second-order valence-electron chi connectivity index (χ2n) is 6.39. The van der Waals surface area contributed by atoms with Gasteiger partial charge in [-0.15, -0.1) is 0 Å². The van der Waals surface area contributed by atoms with Gasteiger partial charge in [0, 0.05) is 17.1 Å². The molecule has 1 N–H and O–H groups in total. The summed E-state index contributed by atoms with van der Waals surface area (Å²) in [7, 11) is 0.0807. The number of rotatable bonds is 3. The van der Waals surface area contributed by atoms with Gasteiger partial charge >= 0.3 is 0 Å². The first kappa shape index (κ1) is 19.7. The van der Waals surface area contributed by atoms with Crippen LogP contribution in [0, 0.1) is 23.7 Å². The zero-order valence-electron chi connectivity index (χ0n) is 15.7. The molecule has 1 heterocycles. The van der Waals surface area contributed by atoms with E-state index in [-0.39, 0.29) is 11.5 Å². The molecule has 3 rings (SSSR count). The van der Waals surface area contributed by atoms with Gasteiger partial charge in [-0.05, 0) is 44.4 Å². The molecule has 0 aliphatic heterocycles. The van der Waals surface area contributed by atoms with E-state index in [2.05, 4.69) is 23.7 Å². The molecule has 0 unspecified atom stereocenters. The van der Waals surface area contributed by atoms with Gasteiger partial charge in [0.05, 0.1) is 22.5 Å². The lowest BCUT2D eigenvalue weighted by atomic mass is 10.1. The van der Waals surface area contributed by atoms with Gasteiger partial charge in [0.25, 0.3) is 10.0 Å². The van der Waals surface area contributed by atoms with Gasteiger partial charge in [-0.25, -0.2) is 12.4 Å². The molecule has 0 fully saturated rings. The Kier molecular flexibility index (Phi) is 5.87. The molecule has 0 bridgehead atoms. The van der Waals surface area contributed by atoms with Crippen molar-refractivity contribution in [1.29, 1.82) is 0 Å². The lowest BCUT2D eigenvalue weighted by Gasteiger charge is -2.07. The number of benzene rings is 2. The first-order valence-electron chi connectivity index (χ1n) is 8.62. The first-order valence-corrected chi connectivity index (χ1v) is 10.1. The standard InChI is InChI=1S/C22H20N2O3S/c1-23(2)14-6-9-19-17-24(28(26,27)20-10-4-3-5-11-20)22-13-12-18(8-7-15-25)16-21(19)22/h3-5,10-13,16-17,25H,14-15H2,1-2H3. The first-order chi connectivity index (χ1) is 13.4.